The minimum absolute atomic E-state index is 0.0000954. The second-order valence-electron chi connectivity index (χ2n) is 6.19. The van der Waals surface area contributed by atoms with Crippen LogP contribution in [0, 0.1) is 11.8 Å². The number of carbonyl (C=O) groups is 3. The van der Waals surface area contributed by atoms with Crippen molar-refractivity contribution in [2.45, 2.75) is 39.2 Å². The minimum atomic E-state index is -0.267. The van der Waals surface area contributed by atoms with Gasteiger partial charge in [0.05, 0.1) is 18.9 Å². The smallest absolute Gasteiger partial charge is 0.310 e. The highest BCUT2D eigenvalue weighted by molar-refractivity contribution is 5.89. The average molecular weight is 296 g/mol. The van der Waals surface area contributed by atoms with E-state index < -0.39 is 0 Å². The lowest BCUT2D eigenvalue weighted by atomic mass is 9.96. The van der Waals surface area contributed by atoms with Gasteiger partial charge in [0.25, 0.3) is 0 Å². The van der Waals surface area contributed by atoms with Gasteiger partial charge in [0.1, 0.15) is 0 Å². The van der Waals surface area contributed by atoms with Gasteiger partial charge >= 0.3 is 5.97 Å². The number of amides is 2. The Hall–Kier alpha value is -1.59. The van der Waals surface area contributed by atoms with Gasteiger partial charge in [0.2, 0.25) is 11.8 Å². The molecule has 21 heavy (non-hydrogen) atoms. The summed E-state index contributed by atoms with van der Waals surface area (Å²) in [7, 11) is 1.37. The zero-order valence-electron chi connectivity index (χ0n) is 13.0. The van der Waals surface area contributed by atoms with E-state index in [9.17, 15) is 14.4 Å². The van der Waals surface area contributed by atoms with Crippen LogP contribution in [-0.4, -0.2) is 60.4 Å². The van der Waals surface area contributed by atoms with Crippen LogP contribution < -0.4 is 0 Å². The molecule has 0 aromatic carbocycles. The highest BCUT2D eigenvalue weighted by Gasteiger charge is 2.39. The van der Waals surface area contributed by atoms with Crippen molar-refractivity contribution in [1.82, 2.24) is 9.80 Å². The Morgan fingerprint density at radius 3 is 2.52 bits per heavy atom. The number of likely N-dealkylation sites (tertiary alicyclic amines) is 2. The van der Waals surface area contributed by atoms with Gasteiger partial charge in [-0.2, -0.15) is 0 Å². The summed E-state index contributed by atoms with van der Waals surface area (Å²) in [4.78, 5) is 39.6. The molecule has 2 amide bonds. The Morgan fingerprint density at radius 2 is 1.95 bits per heavy atom. The van der Waals surface area contributed by atoms with E-state index in [0.29, 0.717) is 19.6 Å². The fraction of sp³-hybridized carbons (Fsp3) is 0.800. The molecule has 2 saturated heterocycles. The Labute approximate surface area is 125 Å². The molecule has 6 nitrogen and oxygen atoms in total. The summed E-state index contributed by atoms with van der Waals surface area (Å²) in [5, 5.41) is 0. The Morgan fingerprint density at radius 1 is 1.24 bits per heavy atom. The Balaban J connectivity index is 1.97. The Bertz CT molecular complexity index is 435. The van der Waals surface area contributed by atoms with Gasteiger partial charge in [-0.3, -0.25) is 14.4 Å². The van der Waals surface area contributed by atoms with Crippen molar-refractivity contribution in [3.8, 4) is 0 Å². The molecule has 0 N–H and O–H groups in total. The van der Waals surface area contributed by atoms with E-state index in [-0.39, 0.29) is 42.1 Å². The lowest BCUT2D eigenvalue weighted by Gasteiger charge is -2.33. The fourth-order valence-corrected chi connectivity index (χ4v) is 3.19. The number of piperidine rings is 1. The molecule has 2 heterocycles. The van der Waals surface area contributed by atoms with Gasteiger partial charge in [-0.1, -0.05) is 0 Å². The zero-order chi connectivity index (χ0) is 15.6. The second-order valence-corrected chi connectivity index (χ2v) is 6.19. The standard InChI is InChI=1S/C15H24N2O4/c1-10(2)17-9-12(7-13(17)18)14(19)16-6-4-5-11(8-16)15(20)21-3/h10-12H,4-9H2,1-3H3. The number of carbonyl (C=O) groups excluding carboxylic acids is 3. The van der Waals surface area contributed by atoms with Crippen molar-refractivity contribution in [3.63, 3.8) is 0 Å². The van der Waals surface area contributed by atoms with Gasteiger partial charge in [0.15, 0.2) is 0 Å². The van der Waals surface area contributed by atoms with Gasteiger partial charge in [-0.25, -0.2) is 0 Å². The lowest BCUT2D eigenvalue weighted by Crippen LogP contribution is -2.45. The van der Waals surface area contributed by atoms with Crippen molar-refractivity contribution in [3.05, 3.63) is 0 Å². The van der Waals surface area contributed by atoms with Crippen LogP contribution in [0.3, 0.4) is 0 Å². The maximum atomic E-state index is 12.6. The quantitative estimate of drug-likeness (QED) is 0.717. The summed E-state index contributed by atoms with van der Waals surface area (Å²) in [5.41, 5.74) is 0. The van der Waals surface area contributed by atoms with E-state index >= 15 is 0 Å². The van der Waals surface area contributed by atoms with Crippen LogP contribution in [0.5, 0.6) is 0 Å². The number of esters is 1. The summed E-state index contributed by atoms with van der Waals surface area (Å²) in [6, 6.07) is 0.125. The predicted molar refractivity (Wildman–Crippen MR) is 76.3 cm³/mol. The fourth-order valence-electron chi connectivity index (χ4n) is 3.19. The summed E-state index contributed by atoms with van der Waals surface area (Å²) in [6.45, 7) is 5.49. The summed E-state index contributed by atoms with van der Waals surface area (Å²) >= 11 is 0. The van der Waals surface area contributed by atoms with Crippen LogP contribution in [-0.2, 0) is 19.1 Å². The summed E-state index contributed by atoms with van der Waals surface area (Å²) in [6.07, 6.45) is 1.86. The van der Waals surface area contributed by atoms with Crippen LogP contribution >= 0.6 is 0 Å². The lowest BCUT2D eigenvalue weighted by molar-refractivity contribution is -0.149. The van der Waals surface area contributed by atoms with E-state index in [2.05, 4.69) is 0 Å². The summed E-state index contributed by atoms with van der Waals surface area (Å²) in [5.74, 6) is -0.703. The van der Waals surface area contributed by atoms with Gasteiger partial charge in [0, 0.05) is 32.1 Å². The molecular formula is C15H24N2O4. The molecule has 118 valence electrons. The van der Waals surface area contributed by atoms with Crippen LogP contribution in [0.1, 0.15) is 33.1 Å². The molecule has 2 unspecified atom stereocenters. The zero-order valence-corrected chi connectivity index (χ0v) is 13.0. The Kier molecular flexibility index (Phi) is 4.85. The first-order valence-corrected chi connectivity index (χ1v) is 7.60. The SMILES string of the molecule is COC(=O)C1CCCN(C(=O)C2CC(=O)N(C(C)C)C2)C1. The maximum absolute atomic E-state index is 12.6. The maximum Gasteiger partial charge on any atom is 0.310 e. The number of hydrogen-bond acceptors (Lipinski definition) is 4. The minimum Gasteiger partial charge on any atom is -0.469 e. The van der Waals surface area contributed by atoms with Crippen LogP contribution in [0.25, 0.3) is 0 Å². The molecule has 0 bridgehead atoms. The third kappa shape index (κ3) is 3.36. The third-order valence-electron chi connectivity index (χ3n) is 4.40. The molecule has 6 heteroatoms. The number of nitrogens with zero attached hydrogens (tertiary/aromatic N) is 2. The van der Waals surface area contributed by atoms with Crippen molar-refractivity contribution in [2.75, 3.05) is 26.7 Å². The highest BCUT2D eigenvalue weighted by Crippen LogP contribution is 2.25. The normalized spacial score (nSPS) is 26.4. The molecule has 0 aromatic rings. The van der Waals surface area contributed by atoms with E-state index in [1.807, 2.05) is 13.8 Å². The molecule has 0 aromatic heterocycles. The number of rotatable bonds is 3. The molecular weight excluding hydrogens is 272 g/mol. The monoisotopic (exact) mass is 296 g/mol. The van der Waals surface area contributed by atoms with Crippen molar-refractivity contribution in [1.29, 1.82) is 0 Å². The molecule has 2 rings (SSSR count). The van der Waals surface area contributed by atoms with Gasteiger partial charge in [-0.15, -0.1) is 0 Å². The molecule has 2 aliphatic heterocycles. The van der Waals surface area contributed by atoms with Crippen LogP contribution in [0.4, 0.5) is 0 Å². The van der Waals surface area contributed by atoms with Gasteiger partial charge in [-0.05, 0) is 26.7 Å². The van der Waals surface area contributed by atoms with E-state index in [1.165, 1.54) is 7.11 Å². The molecule has 0 aliphatic carbocycles. The van der Waals surface area contributed by atoms with Gasteiger partial charge < -0.3 is 14.5 Å². The predicted octanol–water partition coefficient (Wildman–Crippen LogP) is 0.655. The molecule has 2 atom stereocenters. The van der Waals surface area contributed by atoms with Crippen LogP contribution in [0.15, 0.2) is 0 Å². The van der Waals surface area contributed by atoms with Crippen molar-refractivity contribution in [2.24, 2.45) is 11.8 Å². The molecule has 0 spiro atoms. The largest absolute Gasteiger partial charge is 0.469 e. The van der Waals surface area contributed by atoms with E-state index in [1.54, 1.807) is 9.80 Å². The first kappa shape index (κ1) is 15.8. The second kappa shape index (κ2) is 6.45. The molecule has 0 saturated carbocycles. The third-order valence-corrected chi connectivity index (χ3v) is 4.40. The number of hydrogen-bond donors (Lipinski definition) is 0. The first-order chi connectivity index (χ1) is 9.93. The highest BCUT2D eigenvalue weighted by atomic mass is 16.5. The number of ether oxygens (including phenoxy) is 1. The topological polar surface area (TPSA) is 66.9 Å². The molecule has 2 aliphatic rings. The first-order valence-electron chi connectivity index (χ1n) is 7.60. The molecule has 2 fully saturated rings. The average Bonchev–Trinajstić information content (AvgIpc) is 2.88. The number of methoxy groups -OCH3 is 1. The van der Waals surface area contributed by atoms with Crippen molar-refractivity contribution < 1.29 is 19.1 Å². The summed E-state index contributed by atoms with van der Waals surface area (Å²) < 4.78 is 4.77. The van der Waals surface area contributed by atoms with E-state index in [4.69, 9.17) is 4.74 Å². The van der Waals surface area contributed by atoms with Crippen LogP contribution in [0.2, 0.25) is 0 Å². The molecule has 0 radical (unpaired) electrons. The van der Waals surface area contributed by atoms with Crippen molar-refractivity contribution >= 4 is 17.8 Å². The van der Waals surface area contributed by atoms with E-state index in [0.717, 1.165) is 12.8 Å².